The fourth-order valence-corrected chi connectivity index (χ4v) is 2.75. The Hall–Kier alpha value is -0.120. The Balaban J connectivity index is 0.000000963. The molecule has 0 saturated heterocycles. The Morgan fingerprint density at radius 1 is 0.938 bits per heavy atom. The van der Waals surface area contributed by atoms with Gasteiger partial charge in [0.1, 0.15) is 0 Å². The molecule has 1 heterocycles. The van der Waals surface area contributed by atoms with Gasteiger partial charge in [-0.15, -0.1) is 0 Å². The summed E-state index contributed by atoms with van der Waals surface area (Å²) < 4.78 is 0. The van der Waals surface area contributed by atoms with Crippen molar-refractivity contribution in [1.82, 2.24) is 0 Å². The van der Waals surface area contributed by atoms with Crippen LogP contribution in [0.15, 0.2) is 52.3 Å². The van der Waals surface area contributed by atoms with Crippen molar-refractivity contribution in [3.63, 3.8) is 0 Å². The molecule has 0 spiro atoms. The molecule has 1 aliphatic heterocycles. The molecule has 0 fully saturated rings. The summed E-state index contributed by atoms with van der Waals surface area (Å²) in [4.78, 5) is 2.48. The quantitative estimate of drug-likeness (QED) is 0.613. The topological polar surface area (TPSA) is 12.0 Å². The Morgan fingerprint density at radius 3 is 2.56 bits per heavy atom. The molecule has 0 radical (unpaired) electrons. The van der Waals surface area contributed by atoms with Crippen molar-refractivity contribution < 1.29 is 0 Å². The van der Waals surface area contributed by atoms with Crippen LogP contribution in [0.5, 0.6) is 0 Å². The third kappa shape index (κ3) is 2.27. The zero-order chi connectivity index (χ0) is 10.3. The van der Waals surface area contributed by atoms with Crippen LogP contribution < -0.4 is 5.32 Å². The zero-order valence-corrected chi connectivity index (χ0v) is 9.40. The number of para-hydroxylation sites is 1. The van der Waals surface area contributed by atoms with Gasteiger partial charge in [0.2, 0.25) is 0 Å². The van der Waals surface area contributed by atoms with Gasteiger partial charge in [-0.05, 0) is 30.3 Å². The van der Waals surface area contributed by atoms with Gasteiger partial charge in [0, 0.05) is 14.8 Å². The Labute approximate surface area is 126 Å². The van der Waals surface area contributed by atoms with Crippen molar-refractivity contribution in [3.05, 3.63) is 47.5 Å². The minimum absolute atomic E-state index is 0. The van der Waals surface area contributed by atoms with Crippen molar-refractivity contribution >= 4 is 64.3 Å². The van der Waals surface area contributed by atoms with E-state index in [9.17, 15) is 0 Å². The number of halogens is 1. The molecule has 0 aromatic heterocycles. The van der Waals surface area contributed by atoms with Crippen molar-refractivity contribution in [3.8, 4) is 0 Å². The number of anilines is 2. The molecule has 0 amide bonds. The van der Waals surface area contributed by atoms with Crippen LogP contribution in [0.25, 0.3) is 0 Å². The van der Waals surface area contributed by atoms with Crippen LogP contribution in [0.4, 0.5) is 11.4 Å². The first-order valence-corrected chi connectivity index (χ1v) is 5.86. The van der Waals surface area contributed by atoms with Crippen molar-refractivity contribution in [2.75, 3.05) is 5.32 Å². The summed E-state index contributed by atoms with van der Waals surface area (Å²) in [5.74, 6) is 0. The summed E-state index contributed by atoms with van der Waals surface area (Å²) >= 11 is 7.72. The van der Waals surface area contributed by atoms with Gasteiger partial charge in [-0.1, -0.05) is 35.5 Å². The van der Waals surface area contributed by atoms with E-state index in [0.717, 1.165) is 16.4 Å². The van der Waals surface area contributed by atoms with Gasteiger partial charge in [-0.3, -0.25) is 0 Å². The molecule has 1 N–H and O–H groups in total. The zero-order valence-electron chi connectivity index (χ0n) is 7.83. The summed E-state index contributed by atoms with van der Waals surface area (Å²) in [6, 6.07) is 14.2. The molecule has 0 aliphatic carbocycles. The van der Waals surface area contributed by atoms with Gasteiger partial charge in [0.05, 0.1) is 11.4 Å². The average molecular weight is 258 g/mol. The van der Waals surface area contributed by atoms with Crippen LogP contribution in [0.1, 0.15) is 0 Å². The molecular formula is C12H9ClNNaS. The monoisotopic (exact) mass is 257 g/mol. The van der Waals surface area contributed by atoms with Crippen LogP contribution in [-0.2, 0) is 0 Å². The molecule has 0 saturated carbocycles. The number of benzene rings is 2. The molecule has 2 aromatic rings. The molecule has 0 atom stereocenters. The molecule has 3 rings (SSSR count). The van der Waals surface area contributed by atoms with E-state index < -0.39 is 0 Å². The molecule has 76 valence electrons. The summed E-state index contributed by atoms with van der Waals surface area (Å²) in [5.41, 5.74) is 2.24. The Morgan fingerprint density at radius 2 is 1.69 bits per heavy atom. The molecule has 2 aromatic carbocycles. The van der Waals surface area contributed by atoms with Gasteiger partial charge in [-0.2, -0.15) is 0 Å². The van der Waals surface area contributed by atoms with Crippen LogP contribution in [0.2, 0.25) is 5.02 Å². The van der Waals surface area contributed by atoms with E-state index in [4.69, 9.17) is 11.6 Å². The number of hydrogen-bond donors (Lipinski definition) is 1. The van der Waals surface area contributed by atoms with E-state index in [1.807, 2.05) is 24.3 Å². The first kappa shape index (κ1) is 12.3. The van der Waals surface area contributed by atoms with E-state index in [-0.39, 0.29) is 29.6 Å². The van der Waals surface area contributed by atoms with Crippen LogP contribution in [0.3, 0.4) is 0 Å². The van der Waals surface area contributed by atoms with Crippen LogP contribution >= 0.6 is 23.4 Å². The van der Waals surface area contributed by atoms with E-state index >= 15 is 0 Å². The van der Waals surface area contributed by atoms with Gasteiger partial charge < -0.3 is 5.32 Å². The molecule has 4 heteroatoms. The fraction of sp³-hybridized carbons (Fsp3) is 0. The SMILES string of the molecule is Clc1ccc2c(c1)Nc1ccccc1S2.[NaH]. The number of nitrogens with one attached hydrogen (secondary N) is 1. The molecule has 0 unspecified atom stereocenters. The minimum atomic E-state index is 0. The van der Waals surface area contributed by atoms with Crippen molar-refractivity contribution in [1.29, 1.82) is 0 Å². The third-order valence-corrected chi connectivity index (χ3v) is 3.70. The first-order chi connectivity index (χ1) is 7.33. The second-order valence-electron chi connectivity index (χ2n) is 3.36. The predicted octanol–water partition coefficient (Wildman–Crippen LogP) is 3.90. The van der Waals surface area contributed by atoms with E-state index in [1.54, 1.807) is 11.8 Å². The first-order valence-electron chi connectivity index (χ1n) is 4.66. The predicted molar refractivity (Wildman–Crippen MR) is 72.4 cm³/mol. The second-order valence-corrected chi connectivity index (χ2v) is 4.88. The molecule has 1 nitrogen and oxygen atoms in total. The molecule has 16 heavy (non-hydrogen) atoms. The summed E-state index contributed by atoms with van der Waals surface area (Å²) in [7, 11) is 0. The van der Waals surface area contributed by atoms with E-state index in [2.05, 4.69) is 23.5 Å². The molecular weight excluding hydrogens is 249 g/mol. The summed E-state index contributed by atoms with van der Waals surface area (Å²) in [6.45, 7) is 0. The summed E-state index contributed by atoms with van der Waals surface area (Å²) in [5, 5.41) is 4.14. The van der Waals surface area contributed by atoms with Gasteiger partial charge in [0.25, 0.3) is 0 Å². The number of hydrogen-bond acceptors (Lipinski definition) is 2. The fourth-order valence-electron chi connectivity index (χ4n) is 1.61. The van der Waals surface area contributed by atoms with Gasteiger partial charge >= 0.3 is 29.6 Å². The molecule has 0 bridgehead atoms. The van der Waals surface area contributed by atoms with Crippen LogP contribution in [0, 0.1) is 0 Å². The Bertz CT molecular complexity index is 530. The Kier molecular flexibility index (Phi) is 3.88. The molecule has 1 aliphatic rings. The average Bonchev–Trinajstić information content (AvgIpc) is 2.26. The van der Waals surface area contributed by atoms with Gasteiger partial charge in [0.15, 0.2) is 0 Å². The normalized spacial score (nSPS) is 11.8. The van der Waals surface area contributed by atoms with Crippen molar-refractivity contribution in [2.24, 2.45) is 0 Å². The van der Waals surface area contributed by atoms with Gasteiger partial charge in [-0.25, -0.2) is 0 Å². The summed E-state index contributed by atoms with van der Waals surface area (Å²) in [6.07, 6.45) is 0. The van der Waals surface area contributed by atoms with E-state index in [1.165, 1.54) is 9.79 Å². The number of rotatable bonds is 0. The van der Waals surface area contributed by atoms with Crippen LogP contribution in [-0.4, -0.2) is 29.6 Å². The second kappa shape index (κ2) is 5.03. The maximum atomic E-state index is 5.95. The standard InChI is InChI=1S/C12H8ClNS.Na.H/c13-8-5-6-12-10(7-8)14-9-3-1-2-4-11(9)15-12;;/h1-7,14H;;. The van der Waals surface area contributed by atoms with E-state index in [0.29, 0.717) is 0 Å². The van der Waals surface area contributed by atoms with Crippen molar-refractivity contribution in [2.45, 2.75) is 9.79 Å². The number of fused-ring (bicyclic) bond motifs is 2. The third-order valence-electron chi connectivity index (χ3n) is 2.32. The maximum absolute atomic E-state index is 5.95.